The maximum Gasteiger partial charge on any atom is 0.409 e. The van der Waals surface area contributed by atoms with Crippen LogP contribution < -0.4 is 0 Å². The van der Waals surface area contributed by atoms with Crippen molar-refractivity contribution in [2.45, 2.75) is 57.0 Å². The molecule has 0 N–H and O–H groups in total. The van der Waals surface area contributed by atoms with Gasteiger partial charge in [-0.05, 0) is 68.2 Å². The molecule has 1 aromatic heterocycles. The summed E-state index contributed by atoms with van der Waals surface area (Å²) in [7, 11) is -1.85. The molecule has 0 radical (unpaired) electrons. The number of methoxy groups -OCH3 is 1. The molecule has 2 aromatic rings. The molecule has 0 unspecified atom stereocenters. The summed E-state index contributed by atoms with van der Waals surface area (Å²) in [6, 6.07) is 4.13. The molecule has 0 spiro atoms. The predicted octanol–water partition coefficient (Wildman–Crippen LogP) is 3.77. The van der Waals surface area contributed by atoms with Crippen molar-refractivity contribution in [3.05, 3.63) is 53.1 Å². The van der Waals surface area contributed by atoms with Crippen LogP contribution in [0.1, 0.15) is 61.0 Å². The molecular weight excluding hydrogens is 540 g/mol. The van der Waals surface area contributed by atoms with Crippen LogP contribution in [-0.2, 0) is 27.7 Å². The Bertz CT molecular complexity index is 1280. The van der Waals surface area contributed by atoms with E-state index in [1.807, 2.05) is 6.33 Å². The molecule has 0 aliphatic carbocycles. The first-order chi connectivity index (χ1) is 19.1. The standard InChI is InChI=1S/C28H39F2N5O4S/c1-39-28(36)33-12-8-27-26(18-33)31-19-35(27)24-5-9-32(10-6-24)11-7-25(21-15-22(29)17-23(30)16-21)20-3-13-34(14-4-20)40(2,37)38/h15-17,19-20,24-25H,3-14,18H2,1-2H3/t25-/m1/s1. The number of likely N-dealkylation sites (tertiary alicyclic amines) is 1. The summed E-state index contributed by atoms with van der Waals surface area (Å²) in [5, 5.41) is 0. The molecule has 40 heavy (non-hydrogen) atoms. The van der Waals surface area contributed by atoms with Gasteiger partial charge in [-0.3, -0.25) is 0 Å². The Morgan fingerprint density at radius 3 is 2.35 bits per heavy atom. The van der Waals surface area contributed by atoms with Crippen molar-refractivity contribution >= 4 is 16.1 Å². The lowest BCUT2D eigenvalue weighted by Crippen LogP contribution is -2.40. The van der Waals surface area contributed by atoms with Gasteiger partial charge in [0.15, 0.2) is 0 Å². The van der Waals surface area contributed by atoms with E-state index in [1.54, 1.807) is 4.90 Å². The number of aromatic nitrogens is 2. The summed E-state index contributed by atoms with van der Waals surface area (Å²) in [5.41, 5.74) is 2.80. The number of ether oxygens (including phenoxy) is 1. The maximum absolute atomic E-state index is 14.2. The van der Waals surface area contributed by atoms with Crippen LogP contribution in [-0.4, -0.2) is 90.8 Å². The van der Waals surface area contributed by atoms with Crippen LogP contribution in [0.3, 0.4) is 0 Å². The highest BCUT2D eigenvalue weighted by atomic mass is 32.2. The molecule has 2 saturated heterocycles. The molecule has 0 bridgehead atoms. The Labute approximate surface area is 235 Å². The van der Waals surface area contributed by atoms with Crippen molar-refractivity contribution in [1.82, 2.24) is 23.7 Å². The number of hydrogen-bond acceptors (Lipinski definition) is 6. The Morgan fingerprint density at radius 1 is 1.05 bits per heavy atom. The molecule has 0 saturated carbocycles. The van der Waals surface area contributed by atoms with Gasteiger partial charge in [0.05, 0.1) is 31.9 Å². The molecule has 2 fully saturated rings. The van der Waals surface area contributed by atoms with Crippen molar-refractivity contribution < 1.29 is 26.7 Å². The van der Waals surface area contributed by atoms with Crippen molar-refractivity contribution in [3.8, 4) is 0 Å². The number of carbonyl (C=O) groups is 1. The number of fused-ring (bicyclic) bond motifs is 1. The highest BCUT2D eigenvalue weighted by molar-refractivity contribution is 7.88. The molecule has 1 amide bonds. The SMILES string of the molecule is COC(=O)N1CCc2c(ncn2C2CCN(CC[C@@H](c3cc(F)cc(F)c3)C3CCN(S(C)(=O)=O)CC3)CC2)C1. The van der Waals surface area contributed by atoms with E-state index in [9.17, 15) is 22.0 Å². The zero-order chi connectivity index (χ0) is 28.4. The zero-order valence-electron chi connectivity index (χ0n) is 23.3. The maximum atomic E-state index is 14.2. The lowest BCUT2D eigenvalue weighted by molar-refractivity contribution is 0.117. The number of amides is 1. The molecule has 9 nitrogen and oxygen atoms in total. The molecule has 4 heterocycles. The summed E-state index contributed by atoms with van der Waals surface area (Å²) in [4.78, 5) is 20.6. The third kappa shape index (κ3) is 6.49. The molecule has 1 aromatic carbocycles. The van der Waals surface area contributed by atoms with Crippen LogP contribution in [0.4, 0.5) is 13.6 Å². The number of rotatable bonds is 7. The van der Waals surface area contributed by atoms with Gasteiger partial charge in [-0.15, -0.1) is 0 Å². The van der Waals surface area contributed by atoms with Crippen molar-refractivity contribution in [3.63, 3.8) is 0 Å². The molecular formula is C28H39F2N5O4S. The number of piperidine rings is 2. The van der Waals surface area contributed by atoms with Crippen LogP contribution >= 0.6 is 0 Å². The van der Waals surface area contributed by atoms with E-state index in [1.165, 1.54) is 35.5 Å². The lowest BCUT2D eigenvalue weighted by Gasteiger charge is -2.38. The molecule has 5 rings (SSSR count). The summed E-state index contributed by atoms with van der Waals surface area (Å²) >= 11 is 0. The monoisotopic (exact) mass is 579 g/mol. The highest BCUT2D eigenvalue weighted by Gasteiger charge is 2.33. The van der Waals surface area contributed by atoms with Gasteiger partial charge in [-0.2, -0.15) is 0 Å². The minimum absolute atomic E-state index is 0.0388. The number of sulfonamides is 1. The highest BCUT2D eigenvalue weighted by Crippen LogP contribution is 2.37. The van der Waals surface area contributed by atoms with Gasteiger partial charge in [0.2, 0.25) is 10.0 Å². The van der Waals surface area contributed by atoms with Gasteiger partial charge in [0.1, 0.15) is 11.6 Å². The topological polar surface area (TPSA) is 88.0 Å². The Morgan fingerprint density at radius 2 is 1.73 bits per heavy atom. The molecule has 3 aliphatic heterocycles. The molecule has 3 aliphatic rings. The summed E-state index contributed by atoms with van der Waals surface area (Å²) in [6.07, 6.45) is 7.65. The first-order valence-electron chi connectivity index (χ1n) is 14.1. The Kier molecular flexibility index (Phi) is 8.77. The fraction of sp³-hybridized carbons (Fsp3) is 0.643. The molecule has 1 atom stereocenters. The largest absolute Gasteiger partial charge is 0.453 e. The first kappa shape index (κ1) is 28.9. The number of hydrogen-bond donors (Lipinski definition) is 0. The van der Waals surface area contributed by atoms with Gasteiger partial charge in [0.25, 0.3) is 0 Å². The summed E-state index contributed by atoms with van der Waals surface area (Å²) in [6.45, 7) is 4.63. The average molecular weight is 580 g/mol. The Balaban J connectivity index is 1.20. The van der Waals surface area contributed by atoms with E-state index in [4.69, 9.17) is 4.74 Å². The van der Waals surface area contributed by atoms with E-state index in [0.29, 0.717) is 50.6 Å². The zero-order valence-corrected chi connectivity index (χ0v) is 24.1. The van der Waals surface area contributed by atoms with E-state index < -0.39 is 21.7 Å². The van der Waals surface area contributed by atoms with Crippen molar-refractivity contribution in [2.24, 2.45) is 5.92 Å². The molecule has 220 valence electrons. The number of benzene rings is 1. The second-order valence-electron chi connectivity index (χ2n) is 11.4. The van der Waals surface area contributed by atoms with Crippen LogP contribution in [0.5, 0.6) is 0 Å². The quantitative estimate of drug-likeness (QED) is 0.497. The first-order valence-corrected chi connectivity index (χ1v) is 16.0. The molecule has 12 heteroatoms. The van der Waals surface area contributed by atoms with Crippen molar-refractivity contribution in [1.29, 1.82) is 0 Å². The predicted molar refractivity (Wildman–Crippen MR) is 146 cm³/mol. The van der Waals surface area contributed by atoms with Gasteiger partial charge >= 0.3 is 6.09 Å². The second-order valence-corrected chi connectivity index (χ2v) is 13.3. The fourth-order valence-corrected chi connectivity index (χ4v) is 7.62. The smallest absolute Gasteiger partial charge is 0.409 e. The Hall–Kier alpha value is -2.57. The van der Waals surface area contributed by atoms with E-state index in [-0.39, 0.29) is 17.9 Å². The average Bonchev–Trinajstić information content (AvgIpc) is 3.36. The summed E-state index contributed by atoms with van der Waals surface area (Å²) < 4.78 is 61.0. The number of halogens is 2. The van der Waals surface area contributed by atoms with Gasteiger partial charge in [0, 0.05) is 56.9 Å². The number of nitrogens with zero attached hydrogens (tertiary/aromatic N) is 5. The van der Waals surface area contributed by atoms with Gasteiger partial charge < -0.3 is 19.1 Å². The van der Waals surface area contributed by atoms with Crippen LogP contribution in [0.15, 0.2) is 24.5 Å². The van der Waals surface area contributed by atoms with Crippen LogP contribution in [0.25, 0.3) is 0 Å². The third-order valence-electron chi connectivity index (χ3n) is 8.93. The third-order valence-corrected chi connectivity index (χ3v) is 10.2. The van der Waals surface area contributed by atoms with E-state index in [0.717, 1.165) is 57.1 Å². The second kappa shape index (κ2) is 12.1. The fourth-order valence-electron chi connectivity index (χ4n) is 6.75. The van der Waals surface area contributed by atoms with E-state index in [2.05, 4.69) is 14.5 Å². The minimum atomic E-state index is -3.24. The normalized spacial score (nSPS) is 20.9. The van der Waals surface area contributed by atoms with E-state index >= 15 is 0 Å². The number of imidazole rings is 1. The summed E-state index contributed by atoms with van der Waals surface area (Å²) in [5.74, 6) is -1.03. The number of carbonyl (C=O) groups excluding carboxylic acids is 1. The van der Waals surface area contributed by atoms with Crippen LogP contribution in [0, 0.1) is 17.6 Å². The lowest BCUT2D eigenvalue weighted by atomic mass is 9.78. The van der Waals surface area contributed by atoms with Crippen molar-refractivity contribution in [2.75, 3.05) is 52.6 Å². The van der Waals surface area contributed by atoms with Crippen LogP contribution in [0.2, 0.25) is 0 Å². The minimum Gasteiger partial charge on any atom is -0.453 e. The van der Waals surface area contributed by atoms with Gasteiger partial charge in [-0.1, -0.05) is 0 Å². The van der Waals surface area contributed by atoms with Gasteiger partial charge in [-0.25, -0.2) is 31.3 Å².